The van der Waals surface area contributed by atoms with Crippen molar-refractivity contribution in [1.82, 2.24) is 0 Å². The van der Waals surface area contributed by atoms with E-state index in [4.69, 9.17) is 14.2 Å². The lowest BCUT2D eigenvalue weighted by Gasteiger charge is -2.18. The molecule has 75 heavy (non-hydrogen) atoms. The fourth-order valence-corrected chi connectivity index (χ4v) is 7.98. The summed E-state index contributed by atoms with van der Waals surface area (Å²) in [6, 6.07) is 0. The second kappa shape index (κ2) is 62.1. The molecule has 6 heteroatoms. The first kappa shape index (κ1) is 70.5. The van der Waals surface area contributed by atoms with Crippen LogP contribution in [0.2, 0.25) is 0 Å². The van der Waals surface area contributed by atoms with E-state index in [0.717, 1.165) is 148 Å². The van der Waals surface area contributed by atoms with Crippen molar-refractivity contribution in [3.8, 4) is 0 Å². The molecule has 6 nitrogen and oxygen atoms in total. The van der Waals surface area contributed by atoms with E-state index in [-0.39, 0.29) is 31.1 Å². The summed E-state index contributed by atoms with van der Waals surface area (Å²) < 4.78 is 16.8. The number of hydrogen-bond acceptors (Lipinski definition) is 6. The maximum Gasteiger partial charge on any atom is 0.306 e. The first-order chi connectivity index (χ1) is 37.0. The number of hydrogen-bond donors (Lipinski definition) is 0. The van der Waals surface area contributed by atoms with Gasteiger partial charge in [0.1, 0.15) is 13.2 Å². The van der Waals surface area contributed by atoms with Crippen molar-refractivity contribution in [2.75, 3.05) is 13.2 Å². The Morgan fingerprint density at radius 1 is 0.280 bits per heavy atom. The van der Waals surface area contributed by atoms with Gasteiger partial charge >= 0.3 is 17.9 Å². The van der Waals surface area contributed by atoms with Gasteiger partial charge in [-0.2, -0.15) is 0 Å². The molecule has 424 valence electrons. The summed E-state index contributed by atoms with van der Waals surface area (Å²) in [5, 5.41) is 0. The number of carbonyl (C=O) groups excluding carboxylic acids is 3. The van der Waals surface area contributed by atoms with Crippen molar-refractivity contribution >= 4 is 17.9 Å². The quantitative estimate of drug-likeness (QED) is 0.0261. The van der Waals surface area contributed by atoms with Crippen LogP contribution in [0.25, 0.3) is 0 Å². The molecule has 0 saturated carbocycles. The first-order valence-electron chi connectivity index (χ1n) is 30.7. The normalized spacial score (nSPS) is 13.1. The summed E-state index contributed by atoms with van der Waals surface area (Å²) in [7, 11) is 0. The van der Waals surface area contributed by atoms with Crippen LogP contribution >= 0.6 is 0 Å². The molecule has 0 fully saturated rings. The SMILES string of the molecule is CC/C=C\C/C=C\C/C=C\C/C=C\C/C=C\C/C=C\C/C=C\C/C=C\C/C=C\CCCCCCCCCC(=O)OCC(COC(=O)CCCCCCC/C=C\CCCC)OC(=O)CCCCCCC/C=C\CCCC. The lowest BCUT2D eigenvalue weighted by Crippen LogP contribution is -2.30. The number of allylic oxidation sites excluding steroid dienone is 22. The van der Waals surface area contributed by atoms with Gasteiger partial charge < -0.3 is 14.2 Å². The van der Waals surface area contributed by atoms with E-state index in [0.29, 0.717) is 19.3 Å². The molecule has 0 aliphatic carbocycles. The summed E-state index contributed by atoms with van der Waals surface area (Å²) in [4.78, 5) is 38.0. The van der Waals surface area contributed by atoms with Gasteiger partial charge in [0.15, 0.2) is 6.10 Å². The Hall–Kier alpha value is -4.45. The van der Waals surface area contributed by atoms with Crippen LogP contribution in [-0.2, 0) is 28.6 Å². The van der Waals surface area contributed by atoms with Gasteiger partial charge in [-0.1, -0.05) is 251 Å². The average Bonchev–Trinajstić information content (AvgIpc) is 3.41. The molecule has 0 rings (SSSR count). The summed E-state index contributed by atoms with van der Waals surface area (Å²) >= 11 is 0. The van der Waals surface area contributed by atoms with Gasteiger partial charge in [0.05, 0.1) is 0 Å². The van der Waals surface area contributed by atoms with Gasteiger partial charge in [-0.15, -0.1) is 0 Å². The van der Waals surface area contributed by atoms with Crippen molar-refractivity contribution in [2.24, 2.45) is 0 Å². The highest BCUT2D eigenvalue weighted by Crippen LogP contribution is 2.14. The van der Waals surface area contributed by atoms with E-state index < -0.39 is 6.10 Å². The number of esters is 3. The van der Waals surface area contributed by atoms with Crippen LogP contribution in [0.4, 0.5) is 0 Å². The van der Waals surface area contributed by atoms with E-state index in [1.54, 1.807) is 0 Å². The van der Waals surface area contributed by atoms with Gasteiger partial charge in [-0.25, -0.2) is 0 Å². The third kappa shape index (κ3) is 60.3. The van der Waals surface area contributed by atoms with Crippen LogP contribution in [0.5, 0.6) is 0 Å². The summed E-state index contributed by atoms with van der Waals surface area (Å²) in [6.07, 6.45) is 87.5. The number of rotatable bonds is 54. The van der Waals surface area contributed by atoms with E-state index >= 15 is 0 Å². The Morgan fingerprint density at radius 2 is 0.520 bits per heavy atom. The van der Waals surface area contributed by atoms with Crippen molar-refractivity contribution < 1.29 is 28.6 Å². The van der Waals surface area contributed by atoms with Crippen molar-refractivity contribution in [2.45, 2.75) is 271 Å². The largest absolute Gasteiger partial charge is 0.462 e. The molecular weight excluding hydrogens is 925 g/mol. The summed E-state index contributed by atoms with van der Waals surface area (Å²) in [6.45, 7) is 6.41. The molecule has 0 amide bonds. The van der Waals surface area contributed by atoms with E-state index in [1.807, 2.05) is 0 Å². The predicted molar refractivity (Wildman–Crippen MR) is 325 cm³/mol. The van der Waals surface area contributed by atoms with Gasteiger partial charge in [-0.3, -0.25) is 14.4 Å². The second-order valence-electron chi connectivity index (χ2n) is 19.9. The summed E-state index contributed by atoms with van der Waals surface area (Å²) in [5.74, 6) is -0.925. The maximum atomic E-state index is 12.8. The third-order valence-electron chi connectivity index (χ3n) is 12.6. The Labute approximate surface area is 462 Å². The minimum Gasteiger partial charge on any atom is -0.462 e. The third-order valence-corrected chi connectivity index (χ3v) is 12.6. The Kier molecular flexibility index (Phi) is 58.4. The smallest absolute Gasteiger partial charge is 0.306 e. The fourth-order valence-electron chi connectivity index (χ4n) is 7.98. The van der Waals surface area contributed by atoms with Crippen LogP contribution in [0.1, 0.15) is 265 Å². The van der Waals surface area contributed by atoms with Gasteiger partial charge in [0.2, 0.25) is 0 Å². The molecule has 0 radical (unpaired) electrons. The van der Waals surface area contributed by atoms with Crippen molar-refractivity contribution in [3.05, 3.63) is 134 Å². The minimum atomic E-state index is -0.792. The maximum absolute atomic E-state index is 12.8. The highest BCUT2D eigenvalue weighted by atomic mass is 16.6. The monoisotopic (exact) mass is 1040 g/mol. The molecule has 0 aromatic carbocycles. The zero-order chi connectivity index (χ0) is 54.3. The van der Waals surface area contributed by atoms with Gasteiger partial charge in [0, 0.05) is 19.3 Å². The molecular formula is C69H112O6. The molecule has 0 N–H and O–H groups in total. The minimum absolute atomic E-state index is 0.0913. The highest BCUT2D eigenvalue weighted by molar-refractivity contribution is 5.71. The Morgan fingerprint density at radius 3 is 0.827 bits per heavy atom. The average molecular weight is 1040 g/mol. The molecule has 1 atom stereocenters. The van der Waals surface area contributed by atoms with Crippen LogP contribution in [0.3, 0.4) is 0 Å². The number of ether oxygens (including phenoxy) is 3. The molecule has 0 spiro atoms. The lowest BCUT2D eigenvalue weighted by molar-refractivity contribution is -0.167. The molecule has 0 aliphatic rings. The number of carbonyl (C=O) groups is 3. The highest BCUT2D eigenvalue weighted by Gasteiger charge is 2.19. The molecule has 1 unspecified atom stereocenters. The molecule has 0 aliphatic heterocycles. The van der Waals surface area contributed by atoms with Crippen LogP contribution in [0, 0.1) is 0 Å². The van der Waals surface area contributed by atoms with Crippen molar-refractivity contribution in [3.63, 3.8) is 0 Å². The van der Waals surface area contributed by atoms with Crippen LogP contribution in [0.15, 0.2) is 134 Å². The van der Waals surface area contributed by atoms with Crippen LogP contribution in [-0.4, -0.2) is 37.2 Å². The lowest BCUT2D eigenvalue weighted by atomic mass is 10.1. The predicted octanol–water partition coefficient (Wildman–Crippen LogP) is 21.0. The standard InChI is InChI=1S/C69H112O6/c1-4-7-10-13-16-19-22-23-24-25-26-27-28-29-30-31-32-33-34-35-36-37-38-39-40-41-42-43-44-45-48-50-53-56-59-62-68(71)74-65-66(75-69(72)63-60-57-54-51-47-21-18-15-12-9-6-3)64-73-67(70)61-58-55-52-49-46-20-17-14-11-8-5-2/h7,10,14-19,23-24,26-27,29-30,32-33,35-36,38-39,41-42,66H,4-6,8-9,11-13,20-22,25,28,31,34,37,40,43-65H2,1-3H3/b10-7-,17-14-,18-15-,19-16-,24-23-,27-26-,30-29-,33-32-,36-35-,39-38-,42-41-. The molecule has 0 saturated heterocycles. The van der Waals surface area contributed by atoms with E-state index in [2.05, 4.69) is 154 Å². The molecule has 0 bridgehead atoms. The Bertz CT molecular complexity index is 1620. The van der Waals surface area contributed by atoms with E-state index in [9.17, 15) is 14.4 Å². The second-order valence-corrected chi connectivity index (χ2v) is 19.9. The zero-order valence-electron chi connectivity index (χ0n) is 48.5. The molecule has 0 heterocycles. The molecule has 0 aromatic rings. The van der Waals surface area contributed by atoms with Crippen molar-refractivity contribution in [1.29, 1.82) is 0 Å². The summed E-state index contributed by atoms with van der Waals surface area (Å²) in [5.41, 5.74) is 0. The van der Waals surface area contributed by atoms with Gasteiger partial charge in [0.25, 0.3) is 0 Å². The Balaban J connectivity index is 4.18. The first-order valence-corrected chi connectivity index (χ1v) is 30.7. The zero-order valence-corrected chi connectivity index (χ0v) is 48.5. The number of unbranched alkanes of at least 4 members (excludes halogenated alkanes) is 21. The van der Waals surface area contributed by atoms with Gasteiger partial charge in [-0.05, 0) is 128 Å². The van der Waals surface area contributed by atoms with E-state index in [1.165, 1.54) is 77.0 Å². The topological polar surface area (TPSA) is 78.9 Å². The van der Waals surface area contributed by atoms with Crippen LogP contribution < -0.4 is 0 Å². The molecule has 0 aromatic heterocycles. The fraction of sp³-hybridized carbons (Fsp3) is 0.638.